The SMILES string of the molecule is O=C(c1ccc(F)cc1)C1C2C(=O)N(c3ccccc3)C(=O)C2C2C=CC=NN21. The lowest BCUT2D eigenvalue weighted by Crippen LogP contribution is -2.46. The minimum atomic E-state index is -0.929. The number of carbonyl (C=O) groups is 3. The van der Waals surface area contributed by atoms with Gasteiger partial charge in [0.2, 0.25) is 11.8 Å². The van der Waals surface area contributed by atoms with Crippen molar-refractivity contribution in [3.63, 3.8) is 0 Å². The van der Waals surface area contributed by atoms with Crippen molar-refractivity contribution < 1.29 is 18.8 Å². The van der Waals surface area contributed by atoms with Crippen LogP contribution < -0.4 is 4.90 Å². The fourth-order valence-electron chi connectivity index (χ4n) is 4.45. The van der Waals surface area contributed by atoms with E-state index in [2.05, 4.69) is 5.10 Å². The average Bonchev–Trinajstić information content (AvgIpc) is 3.22. The van der Waals surface area contributed by atoms with Gasteiger partial charge in [-0.3, -0.25) is 19.4 Å². The van der Waals surface area contributed by atoms with Crippen LogP contribution in [0.25, 0.3) is 0 Å². The van der Waals surface area contributed by atoms with Gasteiger partial charge < -0.3 is 0 Å². The lowest BCUT2D eigenvalue weighted by molar-refractivity contribution is -0.123. The molecule has 2 amide bonds. The molecule has 4 atom stereocenters. The maximum Gasteiger partial charge on any atom is 0.240 e. The van der Waals surface area contributed by atoms with Gasteiger partial charge in [0, 0.05) is 11.8 Å². The van der Waals surface area contributed by atoms with Gasteiger partial charge in [-0.05, 0) is 42.5 Å². The maximum atomic E-state index is 13.3. The molecule has 0 bridgehead atoms. The molecule has 2 aromatic rings. The first-order valence-electron chi connectivity index (χ1n) is 9.29. The molecule has 5 rings (SSSR count). The van der Waals surface area contributed by atoms with Crippen LogP contribution in [0.3, 0.4) is 0 Å². The Morgan fingerprint density at radius 3 is 2.34 bits per heavy atom. The Morgan fingerprint density at radius 1 is 0.931 bits per heavy atom. The number of halogens is 1. The van der Waals surface area contributed by atoms with Crippen molar-refractivity contribution in [2.75, 3.05) is 4.90 Å². The van der Waals surface area contributed by atoms with E-state index in [1.807, 2.05) is 0 Å². The normalized spacial score (nSPS) is 27.3. The number of hydrogen-bond donors (Lipinski definition) is 0. The number of nitrogens with zero attached hydrogens (tertiary/aromatic N) is 3. The van der Waals surface area contributed by atoms with Crippen LogP contribution >= 0.6 is 0 Å². The van der Waals surface area contributed by atoms with Gasteiger partial charge in [0.05, 0.1) is 23.6 Å². The number of Topliss-reactive ketones (excluding diaryl/α,β-unsaturated/α-hetero) is 1. The zero-order valence-corrected chi connectivity index (χ0v) is 15.2. The lowest BCUT2D eigenvalue weighted by atomic mass is 9.86. The summed E-state index contributed by atoms with van der Waals surface area (Å²) in [6.45, 7) is 0. The van der Waals surface area contributed by atoms with Gasteiger partial charge in [-0.1, -0.05) is 24.3 Å². The van der Waals surface area contributed by atoms with E-state index < -0.39 is 35.6 Å². The quantitative estimate of drug-likeness (QED) is 0.597. The highest BCUT2D eigenvalue weighted by Crippen LogP contribution is 2.46. The summed E-state index contributed by atoms with van der Waals surface area (Å²) in [5.41, 5.74) is 0.763. The van der Waals surface area contributed by atoms with E-state index in [4.69, 9.17) is 0 Å². The summed E-state index contributed by atoms with van der Waals surface area (Å²) in [6, 6.07) is 12.5. The van der Waals surface area contributed by atoms with E-state index in [1.165, 1.54) is 35.4 Å². The van der Waals surface area contributed by atoms with Crippen LogP contribution in [0, 0.1) is 17.7 Å². The Balaban J connectivity index is 1.58. The third kappa shape index (κ3) is 2.54. The number of allylic oxidation sites excluding steroid dienone is 1. The van der Waals surface area contributed by atoms with Crippen LogP contribution in [0.15, 0.2) is 71.9 Å². The Bertz CT molecular complexity index is 1060. The molecule has 0 aromatic heterocycles. The van der Waals surface area contributed by atoms with Crippen LogP contribution in [-0.4, -0.2) is 40.9 Å². The minimum Gasteiger partial charge on any atom is -0.292 e. The molecule has 3 aliphatic heterocycles. The highest BCUT2D eigenvalue weighted by atomic mass is 19.1. The van der Waals surface area contributed by atoms with Crippen LogP contribution in [0.1, 0.15) is 10.4 Å². The molecular formula is C22H16FN3O3. The van der Waals surface area contributed by atoms with Gasteiger partial charge in [0.25, 0.3) is 0 Å². The Morgan fingerprint density at radius 2 is 1.62 bits per heavy atom. The van der Waals surface area contributed by atoms with E-state index in [0.29, 0.717) is 5.69 Å². The molecule has 0 saturated carbocycles. The predicted molar refractivity (Wildman–Crippen MR) is 104 cm³/mol. The first-order chi connectivity index (χ1) is 14.1. The third-order valence-corrected chi connectivity index (χ3v) is 5.70. The monoisotopic (exact) mass is 389 g/mol. The van der Waals surface area contributed by atoms with Crippen molar-refractivity contribution in [2.24, 2.45) is 16.9 Å². The summed E-state index contributed by atoms with van der Waals surface area (Å²) in [5.74, 6) is -3.12. The van der Waals surface area contributed by atoms with Crippen molar-refractivity contribution in [1.82, 2.24) is 5.01 Å². The van der Waals surface area contributed by atoms with E-state index in [1.54, 1.807) is 47.5 Å². The van der Waals surface area contributed by atoms with E-state index in [-0.39, 0.29) is 17.3 Å². The van der Waals surface area contributed by atoms with E-state index >= 15 is 0 Å². The second-order valence-corrected chi connectivity index (χ2v) is 7.24. The Hall–Kier alpha value is -3.61. The molecule has 7 heteroatoms. The Kier molecular flexibility index (Phi) is 3.91. The number of hydrogen-bond acceptors (Lipinski definition) is 5. The molecule has 2 fully saturated rings. The van der Waals surface area contributed by atoms with Crippen molar-refractivity contribution in [2.45, 2.75) is 12.1 Å². The van der Waals surface area contributed by atoms with Crippen LogP contribution in [0.5, 0.6) is 0 Å². The largest absolute Gasteiger partial charge is 0.292 e. The summed E-state index contributed by atoms with van der Waals surface area (Å²) in [7, 11) is 0. The van der Waals surface area contributed by atoms with Crippen molar-refractivity contribution in [3.8, 4) is 0 Å². The van der Waals surface area contributed by atoms with Gasteiger partial charge in [-0.15, -0.1) is 0 Å². The fourth-order valence-corrected chi connectivity index (χ4v) is 4.45. The molecule has 6 nitrogen and oxygen atoms in total. The summed E-state index contributed by atoms with van der Waals surface area (Å²) < 4.78 is 13.3. The van der Waals surface area contributed by atoms with Crippen molar-refractivity contribution >= 4 is 29.5 Å². The maximum absolute atomic E-state index is 13.3. The number of fused-ring (bicyclic) bond motifs is 3. The summed E-state index contributed by atoms with van der Waals surface area (Å²) in [4.78, 5) is 41.0. The molecule has 0 aliphatic carbocycles. The standard InChI is InChI=1S/C22H16FN3O3/c23-14-10-8-13(9-11-14)20(27)19-18-17(16-7-4-12-24-26(16)19)21(28)25(22(18)29)15-5-2-1-3-6-15/h1-12,16-19H. The second kappa shape index (κ2) is 6.48. The Labute approximate surface area is 165 Å². The highest BCUT2D eigenvalue weighted by Gasteiger charge is 2.64. The van der Waals surface area contributed by atoms with Crippen molar-refractivity contribution in [3.05, 3.63) is 78.1 Å². The molecule has 0 N–H and O–H groups in total. The van der Waals surface area contributed by atoms with Gasteiger partial charge in [0.15, 0.2) is 5.78 Å². The summed E-state index contributed by atoms with van der Waals surface area (Å²) in [5, 5.41) is 5.83. The predicted octanol–water partition coefficient (Wildman–Crippen LogP) is 2.42. The number of carbonyl (C=O) groups excluding carboxylic acids is 3. The van der Waals surface area contributed by atoms with Gasteiger partial charge in [0.1, 0.15) is 11.9 Å². The average molecular weight is 389 g/mol. The molecule has 3 aliphatic rings. The minimum absolute atomic E-state index is 0.277. The topological polar surface area (TPSA) is 70.0 Å². The lowest BCUT2D eigenvalue weighted by Gasteiger charge is -2.30. The molecule has 0 spiro atoms. The number of hydrazone groups is 1. The first-order valence-corrected chi connectivity index (χ1v) is 9.29. The third-order valence-electron chi connectivity index (χ3n) is 5.70. The zero-order valence-electron chi connectivity index (χ0n) is 15.2. The van der Waals surface area contributed by atoms with Crippen LogP contribution in [0.4, 0.5) is 10.1 Å². The molecule has 29 heavy (non-hydrogen) atoms. The first kappa shape index (κ1) is 17.5. The highest BCUT2D eigenvalue weighted by molar-refractivity contribution is 6.24. The van der Waals surface area contributed by atoms with Gasteiger partial charge >= 0.3 is 0 Å². The summed E-state index contributed by atoms with van der Waals surface area (Å²) in [6.07, 6.45) is 5.04. The molecule has 144 valence electrons. The molecule has 0 radical (unpaired) electrons. The van der Waals surface area contributed by atoms with Crippen LogP contribution in [-0.2, 0) is 9.59 Å². The van der Waals surface area contributed by atoms with Gasteiger partial charge in [-0.2, -0.15) is 5.10 Å². The number of anilines is 1. The molecule has 4 unspecified atom stereocenters. The number of benzene rings is 2. The number of imide groups is 1. The molecule has 2 saturated heterocycles. The smallest absolute Gasteiger partial charge is 0.240 e. The number of amides is 2. The number of para-hydroxylation sites is 1. The van der Waals surface area contributed by atoms with Gasteiger partial charge in [-0.25, -0.2) is 9.29 Å². The second-order valence-electron chi connectivity index (χ2n) is 7.24. The molecule has 3 heterocycles. The fraction of sp³-hybridized carbons (Fsp3) is 0.182. The molecular weight excluding hydrogens is 373 g/mol. The van der Waals surface area contributed by atoms with E-state index in [9.17, 15) is 18.8 Å². The molecule has 2 aromatic carbocycles. The summed E-state index contributed by atoms with van der Waals surface area (Å²) >= 11 is 0. The number of ketones is 1. The zero-order chi connectivity index (χ0) is 20.1. The van der Waals surface area contributed by atoms with E-state index in [0.717, 1.165) is 0 Å². The number of rotatable bonds is 3. The van der Waals surface area contributed by atoms with Crippen molar-refractivity contribution in [1.29, 1.82) is 0 Å². The van der Waals surface area contributed by atoms with Crippen LogP contribution in [0.2, 0.25) is 0 Å².